The highest BCUT2D eigenvalue weighted by molar-refractivity contribution is 6.30. The van der Waals surface area contributed by atoms with Crippen molar-refractivity contribution in [2.75, 3.05) is 0 Å². The molecule has 0 atom stereocenters. The summed E-state index contributed by atoms with van der Waals surface area (Å²) in [6, 6.07) is 5.27. The lowest BCUT2D eigenvalue weighted by Gasteiger charge is -2.07. The Hall–Kier alpha value is -1.88. The molecule has 0 aliphatic heterocycles. The van der Waals surface area contributed by atoms with Gasteiger partial charge in [-0.2, -0.15) is 0 Å². The molecule has 4 nitrogen and oxygen atoms in total. The molecule has 0 fully saturated rings. The van der Waals surface area contributed by atoms with Crippen LogP contribution in [-0.4, -0.2) is 9.13 Å². The second-order valence-corrected chi connectivity index (χ2v) is 4.31. The molecule has 6 heteroatoms. The van der Waals surface area contributed by atoms with Gasteiger partial charge in [-0.15, -0.1) is 0 Å². The summed E-state index contributed by atoms with van der Waals surface area (Å²) in [4.78, 5) is 23.3. The molecule has 0 bridgehead atoms. The predicted octanol–water partition coefficient (Wildman–Crippen LogP) is 1.39. The van der Waals surface area contributed by atoms with Gasteiger partial charge in [0.05, 0.1) is 6.54 Å². The average molecular weight is 269 g/mol. The lowest BCUT2D eigenvalue weighted by atomic mass is 10.2. The van der Waals surface area contributed by atoms with Gasteiger partial charge in [-0.3, -0.25) is 9.36 Å². The number of benzene rings is 1. The van der Waals surface area contributed by atoms with Gasteiger partial charge in [0.2, 0.25) is 0 Å². The van der Waals surface area contributed by atoms with Crippen LogP contribution < -0.4 is 11.2 Å². The minimum Gasteiger partial charge on any atom is -0.303 e. The molecule has 0 N–H and O–H groups in total. The molecular formula is C12H10ClFN2O2. The first-order chi connectivity index (χ1) is 8.49. The second kappa shape index (κ2) is 4.78. The maximum absolute atomic E-state index is 13.5. The standard InChI is InChI=1S/C12H10ClFN2O2/c1-15-5-4-11(17)16(12(15)18)7-8-6-9(13)2-3-10(8)14/h2-6H,7H2,1H3. The Labute approximate surface area is 107 Å². The molecule has 0 spiro atoms. The summed E-state index contributed by atoms with van der Waals surface area (Å²) >= 11 is 5.76. The van der Waals surface area contributed by atoms with Gasteiger partial charge in [-0.25, -0.2) is 9.18 Å². The molecule has 94 valence electrons. The molecule has 0 amide bonds. The van der Waals surface area contributed by atoms with Crippen molar-refractivity contribution in [3.05, 3.63) is 67.7 Å². The Morgan fingerprint density at radius 2 is 2.00 bits per heavy atom. The summed E-state index contributed by atoms with van der Waals surface area (Å²) in [6.45, 7) is -0.140. The van der Waals surface area contributed by atoms with Crippen LogP contribution in [0.2, 0.25) is 5.02 Å². The first kappa shape index (κ1) is 12.6. The van der Waals surface area contributed by atoms with E-state index in [-0.39, 0.29) is 12.1 Å². The second-order valence-electron chi connectivity index (χ2n) is 3.87. The maximum atomic E-state index is 13.5. The van der Waals surface area contributed by atoms with Crippen molar-refractivity contribution in [3.8, 4) is 0 Å². The first-order valence-corrected chi connectivity index (χ1v) is 5.57. The number of aryl methyl sites for hydroxylation is 1. The quantitative estimate of drug-likeness (QED) is 0.826. The van der Waals surface area contributed by atoms with E-state index in [0.717, 1.165) is 4.57 Å². The largest absolute Gasteiger partial charge is 0.331 e. The van der Waals surface area contributed by atoms with Crippen LogP contribution in [0.5, 0.6) is 0 Å². The van der Waals surface area contributed by atoms with E-state index in [1.54, 1.807) is 0 Å². The van der Waals surface area contributed by atoms with E-state index in [0.29, 0.717) is 5.02 Å². The third-order valence-corrected chi connectivity index (χ3v) is 2.81. The van der Waals surface area contributed by atoms with E-state index < -0.39 is 17.1 Å². The van der Waals surface area contributed by atoms with Crippen molar-refractivity contribution in [2.45, 2.75) is 6.54 Å². The normalized spacial score (nSPS) is 10.6. The molecular weight excluding hydrogens is 259 g/mol. The maximum Gasteiger partial charge on any atom is 0.331 e. The van der Waals surface area contributed by atoms with E-state index in [1.165, 1.54) is 42.1 Å². The Bertz CT molecular complexity index is 706. The van der Waals surface area contributed by atoms with Crippen LogP contribution in [0.25, 0.3) is 0 Å². The van der Waals surface area contributed by atoms with Crippen LogP contribution in [0.3, 0.4) is 0 Å². The highest BCUT2D eigenvalue weighted by Gasteiger charge is 2.08. The van der Waals surface area contributed by atoms with Crippen LogP contribution in [-0.2, 0) is 13.6 Å². The minimum absolute atomic E-state index is 0.140. The molecule has 0 radical (unpaired) electrons. The van der Waals surface area contributed by atoms with Gasteiger partial charge in [-0.05, 0) is 18.2 Å². The zero-order valence-electron chi connectivity index (χ0n) is 9.56. The van der Waals surface area contributed by atoms with E-state index in [4.69, 9.17) is 11.6 Å². The zero-order valence-corrected chi connectivity index (χ0v) is 10.3. The minimum atomic E-state index is -0.503. The van der Waals surface area contributed by atoms with Crippen LogP contribution in [0, 0.1) is 5.82 Å². The van der Waals surface area contributed by atoms with E-state index in [9.17, 15) is 14.0 Å². The van der Waals surface area contributed by atoms with Gasteiger partial charge in [-0.1, -0.05) is 11.6 Å². The number of aromatic nitrogens is 2. The van der Waals surface area contributed by atoms with Crippen molar-refractivity contribution in [1.82, 2.24) is 9.13 Å². The molecule has 0 aliphatic carbocycles. The molecule has 0 unspecified atom stereocenters. The number of hydrogen-bond donors (Lipinski definition) is 0. The van der Waals surface area contributed by atoms with Crippen LogP contribution in [0.1, 0.15) is 5.56 Å². The fourth-order valence-electron chi connectivity index (χ4n) is 1.59. The Kier molecular flexibility index (Phi) is 3.34. The Morgan fingerprint density at radius 1 is 1.28 bits per heavy atom. The summed E-state index contributed by atoms with van der Waals surface area (Å²) < 4.78 is 15.7. The number of rotatable bonds is 2. The van der Waals surface area contributed by atoms with Gasteiger partial charge >= 0.3 is 5.69 Å². The molecule has 18 heavy (non-hydrogen) atoms. The smallest absolute Gasteiger partial charge is 0.303 e. The lowest BCUT2D eigenvalue weighted by molar-refractivity contribution is 0.578. The third kappa shape index (κ3) is 2.36. The van der Waals surface area contributed by atoms with Crippen LogP contribution in [0.4, 0.5) is 4.39 Å². The van der Waals surface area contributed by atoms with Crippen molar-refractivity contribution in [1.29, 1.82) is 0 Å². The summed E-state index contributed by atoms with van der Waals surface area (Å²) in [5.74, 6) is -0.503. The molecule has 2 rings (SSSR count). The third-order valence-electron chi connectivity index (χ3n) is 2.58. The molecule has 1 aromatic heterocycles. The molecule has 0 saturated heterocycles. The van der Waals surface area contributed by atoms with Crippen molar-refractivity contribution < 1.29 is 4.39 Å². The van der Waals surface area contributed by atoms with Crippen molar-refractivity contribution in [3.63, 3.8) is 0 Å². The van der Waals surface area contributed by atoms with Crippen LogP contribution in [0.15, 0.2) is 40.1 Å². The van der Waals surface area contributed by atoms with E-state index >= 15 is 0 Å². The van der Waals surface area contributed by atoms with Crippen molar-refractivity contribution in [2.24, 2.45) is 7.05 Å². The topological polar surface area (TPSA) is 44.0 Å². The zero-order chi connectivity index (χ0) is 13.3. The van der Waals surface area contributed by atoms with E-state index in [1.807, 2.05) is 0 Å². The summed E-state index contributed by atoms with van der Waals surface area (Å²) in [7, 11) is 1.52. The van der Waals surface area contributed by atoms with Gasteiger partial charge < -0.3 is 4.57 Å². The van der Waals surface area contributed by atoms with Crippen LogP contribution >= 0.6 is 11.6 Å². The molecule has 1 heterocycles. The van der Waals surface area contributed by atoms with Gasteiger partial charge in [0.25, 0.3) is 5.56 Å². The summed E-state index contributed by atoms with van der Waals surface area (Å²) in [6.07, 6.45) is 1.37. The fourth-order valence-corrected chi connectivity index (χ4v) is 1.79. The first-order valence-electron chi connectivity index (χ1n) is 5.19. The van der Waals surface area contributed by atoms with Gasteiger partial charge in [0.15, 0.2) is 0 Å². The molecule has 0 saturated carbocycles. The van der Waals surface area contributed by atoms with E-state index in [2.05, 4.69) is 0 Å². The highest BCUT2D eigenvalue weighted by Crippen LogP contribution is 2.14. The SMILES string of the molecule is Cn1ccc(=O)n(Cc2cc(Cl)ccc2F)c1=O. The number of halogens is 2. The Balaban J connectivity index is 2.53. The number of nitrogens with zero attached hydrogens (tertiary/aromatic N) is 2. The predicted molar refractivity (Wildman–Crippen MR) is 66.5 cm³/mol. The molecule has 1 aromatic carbocycles. The monoisotopic (exact) mass is 268 g/mol. The van der Waals surface area contributed by atoms with Crippen molar-refractivity contribution >= 4 is 11.6 Å². The lowest BCUT2D eigenvalue weighted by Crippen LogP contribution is -2.38. The molecule has 0 aliphatic rings. The van der Waals surface area contributed by atoms with Gasteiger partial charge in [0.1, 0.15) is 5.82 Å². The Morgan fingerprint density at radius 3 is 2.72 bits per heavy atom. The number of hydrogen-bond acceptors (Lipinski definition) is 2. The molecule has 2 aromatic rings. The fraction of sp³-hybridized carbons (Fsp3) is 0.167. The summed E-state index contributed by atoms with van der Waals surface area (Å²) in [5.41, 5.74) is -0.771. The van der Waals surface area contributed by atoms with Gasteiger partial charge in [0, 0.05) is 29.9 Å². The average Bonchev–Trinajstić information content (AvgIpc) is 2.34. The summed E-state index contributed by atoms with van der Waals surface area (Å²) in [5, 5.41) is 0.354. The highest BCUT2D eigenvalue weighted by atomic mass is 35.5.